The van der Waals surface area contributed by atoms with Gasteiger partial charge in [-0.1, -0.05) is 0 Å². The van der Waals surface area contributed by atoms with Crippen molar-refractivity contribution in [2.24, 2.45) is 0 Å². The van der Waals surface area contributed by atoms with Gasteiger partial charge in [0.1, 0.15) is 22.6 Å². The van der Waals surface area contributed by atoms with Gasteiger partial charge in [0.15, 0.2) is 0 Å². The molecule has 0 spiro atoms. The van der Waals surface area contributed by atoms with E-state index < -0.39 is 0 Å². The van der Waals surface area contributed by atoms with E-state index in [0.29, 0.717) is 16.9 Å². The Bertz CT molecular complexity index is 1580. The van der Waals surface area contributed by atoms with Crippen LogP contribution in [0.3, 0.4) is 0 Å². The summed E-state index contributed by atoms with van der Waals surface area (Å²) in [4.78, 5) is 21.0. The zero-order valence-corrected chi connectivity index (χ0v) is 16.4. The molecule has 0 aliphatic rings. The molecule has 9 heteroatoms. The summed E-state index contributed by atoms with van der Waals surface area (Å²) in [7, 11) is 0. The lowest BCUT2D eigenvalue weighted by molar-refractivity contribution is 0.473. The fourth-order valence-corrected chi connectivity index (χ4v) is 3.73. The van der Waals surface area contributed by atoms with E-state index in [1.54, 1.807) is 24.8 Å². The van der Waals surface area contributed by atoms with Crippen molar-refractivity contribution in [2.75, 3.05) is 0 Å². The number of aromatic amines is 2. The molecular formula is C22H16N8O. The number of aromatic hydroxyl groups is 1. The molecule has 0 saturated carbocycles. The van der Waals surface area contributed by atoms with Gasteiger partial charge in [-0.25, -0.2) is 15.0 Å². The highest BCUT2D eigenvalue weighted by atomic mass is 16.3. The largest absolute Gasteiger partial charge is 0.506 e. The fourth-order valence-electron chi connectivity index (χ4n) is 3.73. The van der Waals surface area contributed by atoms with Gasteiger partial charge in [-0.2, -0.15) is 5.10 Å². The number of nitrogens with one attached hydrogen (secondary N) is 2. The molecule has 6 aromatic rings. The predicted molar refractivity (Wildman–Crippen MR) is 116 cm³/mol. The average molecular weight is 408 g/mol. The second-order valence-corrected chi connectivity index (χ2v) is 7.29. The van der Waals surface area contributed by atoms with E-state index in [9.17, 15) is 5.11 Å². The highest BCUT2D eigenvalue weighted by Gasteiger charge is 2.16. The maximum atomic E-state index is 9.76. The molecule has 0 atom stereocenters. The normalized spacial score (nSPS) is 11.5. The number of aryl methyl sites for hydroxylation is 1. The zero-order valence-electron chi connectivity index (χ0n) is 16.4. The van der Waals surface area contributed by atoms with Crippen molar-refractivity contribution in [3.8, 4) is 34.1 Å². The van der Waals surface area contributed by atoms with Crippen LogP contribution in [-0.4, -0.2) is 44.8 Å². The highest BCUT2D eigenvalue weighted by molar-refractivity contribution is 5.95. The van der Waals surface area contributed by atoms with Gasteiger partial charge in [0.25, 0.3) is 0 Å². The van der Waals surface area contributed by atoms with Crippen molar-refractivity contribution < 1.29 is 5.11 Å². The number of aromatic nitrogens is 8. The quantitative estimate of drug-likeness (QED) is 0.410. The minimum Gasteiger partial charge on any atom is -0.506 e. The molecular weight excluding hydrogens is 392 g/mol. The van der Waals surface area contributed by atoms with Crippen LogP contribution < -0.4 is 0 Å². The Morgan fingerprint density at radius 3 is 2.84 bits per heavy atom. The van der Waals surface area contributed by atoms with Crippen LogP contribution in [0, 0.1) is 6.92 Å². The molecule has 31 heavy (non-hydrogen) atoms. The third-order valence-electron chi connectivity index (χ3n) is 5.18. The first kappa shape index (κ1) is 17.3. The van der Waals surface area contributed by atoms with Crippen LogP contribution >= 0.6 is 0 Å². The second-order valence-electron chi connectivity index (χ2n) is 7.29. The molecule has 0 aliphatic carbocycles. The number of hydrogen-bond acceptors (Lipinski definition) is 6. The molecule has 0 aromatic carbocycles. The van der Waals surface area contributed by atoms with Gasteiger partial charge in [-0.15, -0.1) is 0 Å². The molecule has 0 radical (unpaired) electrons. The Hall–Kier alpha value is -4.53. The third-order valence-corrected chi connectivity index (χ3v) is 5.18. The molecule has 0 bridgehead atoms. The van der Waals surface area contributed by atoms with Crippen molar-refractivity contribution in [1.82, 2.24) is 39.7 Å². The van der Waals surface area contributed by atoms with Gasteiger partial charge >= 0.3 is 0 Å². The number of fused-ring (bicyclic) bond motifs is 2. The van der Waals surface area contributed by atoms with Gasteiger partial charge in [0.05, 0.1) is 40.8 Å². The second kappa shape index (κ2) is 6.49. The van der Waals surface area contributed by atoms with E-state index in [0.717, 1.165) is 39.2 Å². The van der Waals surface area contributed by atoms with Crippen molar-refractivity contribution in [3.05, 3.63) is 67.1 Å². The summed E-state index contributed by atoms with van der Waals surface area (Å²) in [5.41, 5.74) is 7.12. The minimum absolute atomic E-state index is 0.0933. The molecule has 150 valence electrons. The van der Waals surface area contributed by atoms with Crippen LogP contribution in [0.4, 0.5) is 0 Å². The van der Waals surface area contributed by atoms with E-state index >= 15 is 0 Å². The standard InChI is InChI=1S/C22H16N8O/c1-12-10-30(11-25-12)19-4-5-24-22-15(19)7-18(27-22)21-20-17(28-29-21)3-2-16(26-20)13-6-14(31)9-23-8-13/h2-11,31H,1H3,(H,24,27)(H,28,29). The van der Waals surface area contributed by atoms with E-state index in [2.05, 4.69) is 30.1 Å². The summed E-state index contributed by atoms with van der Waals surface area (Å²) < 4.78 is 1.98. The van der Waals surface area contributed by atoms with Crippen LogP contribution in [-0.2, 0) is 0 Å². The van der Waals surface area contributed by atoms with E-state index in [1.165, 1.54) is 6.20 Å². The maximum Gasteiger partial charge on any atom is 0.139 e. The molecule has 3 N–H and O–H groups in total. The van der Waals surface area contributed by atoms with Gasteiger partial charge in [-0.05, 0) is 37.3 Å². The molecule has 6 rings (SSSR count). The number of nitrogens with zero attached hydrogens (tertiary/aromatic N) is 6. The Morgan fingerprint density at radius 2 is 2.00 bits per heavy atom. The van der Waals surface area contributed by atoms with Crippen LogP contribution in [0.1, 0.15) is 5.69 Å². The Kier molecular flexibility index (Phi) is 3.63. The Labute approximate surface area is 175 Å². The summed E-state index contributed by atoms with van der Waals surface area (Å²) in [5, 5.41) is 18.2. The summed E-state index contributed by atoms with van der Waals surface area (Å²) in [6.07, 6.45) is 8.59. The van der Waals surface area contributed by atoms with E-state index in [4.69, 9.17) is 4.98 Å². The van der Waals surface area contributed by atoms with Crippen LogP contribution in [0.25, 0.3) is 50.4 Å². The topological polar surface area (TPSA) is 121 Å². The smallest absolute Gasteiger partial charge is 0.139 e. The van der Waals surface area contributed by atoms with Crippen molar-refractivity contribution >= 4 is 22.1 Å². The monoisotopic (exact) mass is 408 g/mol. The number of pyridine rings is 3. The SMILES string of the molecule is Cc1cn(-c2ccnc3[nH]c(-c4n[nH]c5ccc(-c6cncc(O)c6)nc45)cc23)cn1. The number of hydrogen-bond donors (Lipinski definition) is 3. The third kappa shape index (κ3) is 2.83. The lowest BCUT2D eigenvalue weighted by Gasteiger charge is -2.02. The van der Waals surface area contributed by atoms with Crippen molar-refractivity contribution in [2.45, 2.75) is 6.92 Å². The predicted octanol–water partition coefficient (Wildman–Crippen LogP) is 3.76. The summed E-state index contributed by atoms with van der Waals surface area (Å²) in [6, 6.07) is 9.39. The van der Waals surface area contributed by atoms with Crippen LogP contribution in [0.15, 0.2) is 61.4 Å². The van der Waals surface area contributed by atoms with Gasteiger partial charge < -0.3 is 14.7 Å². The summed E-state index contributed by atoms with van der Waals surface area (Å²) >= 11 is 0. The summed E-state index contributed by atoms with van der Waals surface area (Å²) in [5.74, 6) is 0.0933. The fraction of sp³-hybridized carbons (Fsp3) is 0.0455. The van der Waals surface area contributed by atoms with Gasteiger partial charge in [0, 0.05) is 29.5 Å². The number of imidazole rings is 1. The lowest BCUT2D eigenvalue weighted by Crippen LogP contribution is -1.91. The first-order valence-electron chi connectivity index (χ1n) is 9.64. The maximum absolute atomic E-state index is 9.76. The van der Waals surface area contributed by atoms with Gasteiger partial charge in [-0.3, -0.25) is 10.1 Å². The van der Waals surface area contributed by atoms with Gasteiger partial charge in [0.2, 0.25) is 0 Å². The average Bonchev–Trinajstić information content (AvgIpc) is 3.50. The molecule has 0 fully saturated rings. The number of rotatable bonds is 3. The highest BCUT2D eigenvalue weighted by Crippen LogP contribution is 2.31. The molecule has 0 amide bonds. The van der Waals surface area contributed by atoms with Crippen molar-refractivity contribution in [1.29, 1.82) is 0 Å². The Balaban J connectivity index is 1.51. The molecule has 0 saturated heterocycles. The Morgan fingerprint density at radius 1 is 1.06 bits per heavy atom. The van der Waals surface area contributed by atoms with Crippen molar-refractivity contribution in [3.63, 3.8) is 0 Å². The van der Waals surface area contributed by atoms with Crippen LogP contribution in [0.5, 0.6) is 5.75 Å². The minimum atomic E-state index is 0.0933. The van der Waals surface area contributed by atoms with E-state index in [-0.39, 0.29) is 5.75 Å². The first-order valence-corrected chi connectivity index (χ1v) is 9.64. The zero-order chi connectivity index (χ0) is 20.9. The molecule has 0 aliphatic heterocycles. The molecule has 9 nitrogen and oxygen atoms in total. The van der Waals surface area contributed by atoms with Crippen LogP contribution in [0.2, 0.25) is 0 Å². The molecule has 0 unspecified atom stereocenters. The lowest BCUT2D eigenvalue weighted by atomic mass is 10.1. The summed E-state index contributed by atoms with van der Waals surface area (Å²) in [6.45, 7) is 1.96. The number of H-pyrrole nitrogens is 2. The first-order chi connectivity index (χ1) is 15.2. The molecule has 6 aromatic heterocycles. The van der Waals surface area contributed by atoms with E-state index in [1.807, 2.05) is 42.0 Å². The molecule has 6 heterocycles.